The number of hydrogen-bond acceptors (Lipinski definition) is 3. The first-order chi connectivity index (χ1) is 9.11. The number of carbonyl (C=O) groups is 1. The summed E-state index contributed by atoms with van der Waals surface area (Å²) in [7, 11) is 0. The van der Waals surface area contributed by atoms with E-state index in [-0.39, 0.29) is 5.78 Å². The van der Waals surface area contributed by atoms with Gasteiger partial charge in [0.2, 0.25) is 0 Å². The van der Waals surface area contributed by atoms with E-state index in [0.717, 1.165) is 5.56 Å². The average Bonchev–Trinajstić information content (AvgIpc) is 2.42. The Morgan fingerprint density at radius 2 is 2.05 bits per heavy atom. The first-order valence-corrected chi connectivity index (χ1v) is 6.38. The molecule has 1 aromatic carbocycles. The van der Waals surface area contributed by atoms with Crippen molar-refractivity contribution in [1.82, 2.24) is 4.98 Å². The summed E-state index contributed by atoms with van der Waals surface area (Å²) < 4.78 is 5.33. The smallest absolute Gasteiger partial charge is 0.194 e. The maximum Gasteiger partial charge on any atom is 0.194 e. The maximum absolute atomic E-state index is 12.3. The number of halogens is 1. The number of aryl methyl sites for hydroxylation is 1. The Kier molecular flexibility index (Phi) is 4.17. The van der Waals surface area contributed by atoms with Crippen molar-refractivity contribution in [2.24, 2.45) is 0 Å². The van der Waals surface area contributed by atoms with Gasteiger partial charge in [-0.1, -0.05) is 23.7 Å². The predicted octanol–water partition coefficient (Wildman–Crippen LogP) is 3.67. The van der Waals surface area contributed by atoms with Gasteiger partial charge in [-0.05, 0) is 31.5 Å². The van der Waals surface area contributed by atoms with Crippen molar-refractivity contribution in [3.63, 3.8) is 0 Å². The molecule has 2 rings (SSSR count). The molecule has 0 spiro atoms. The predicted molar refractivity (Wildman–Crippen MR) is 75.0 cm³/mol. The van der Waals surface area contributed by atoms with Crippen LogP contribution in [0, 0.1) is 6.92 Å². The molecule has 0 N–H and O–H groups in total. The summed E-state index contributed by atoms with van der Waals surface area (Å²) in [6.45, 7) is 4.32. The topological polar surface area (TPSA) is 39.2 Å². The van der Waals surface area contributed by atoms with E-state index in [9.17, 15) is 4.79 Å². The highest BCUT2D eigenvalue weighted by Gasteiger charge is 2.11. The molecule has 0 aliphatic heterocycles. The number of hydrogen-bond donors (Lipinski definition) is 0. The summed E-state index contributed by atoms with van der Waals surface area (Å²) in [4.78, 5) is 16.3. The maximum atomic E-state index is 12.3. The third-order valence-electron chi connectivity index (χ3n) is 2.72. The number of aromatic nitrogens is 1. The van der Waals surface area contributed by atoms with Gasteiger partial charge >= 0.3 is 0 Å². The van der Waals surface area contributed by atoms with Crippen LogP contribution in [-0.2, 0) is 0 Å². The van der Waals surface area contributed by atoms with Crippen LogP contribution < -0.4 is 4.74 Å². The number of pyridine rings is 1. The Labute approximate surface area is 117 Å². The van der Waals surface area contributed by atoms with E-state index in [1.165, 1.54) is 6.20 Å². The summed E-state index contributed by atoms with van der Waals surface area (Å²) in [5.74, 6) is 0.475. The molecule has 3 nitrogen and oxygen atoms in total. The molecule has 0 amide bonds. The van der Waals surface area contributed by atoms with Crippen molar-refractivity contribution in [3.8, 4) is 5.75 Å². The highest BCUT2D eigenvalue weighted by molar-refractivity contribution is 6.31. The Morgan fingerprint density at radius 3 is 2.74 bits per heavy atom. The van der Waals surface area contributed by atoms with Crippen LogP contribution in [0.3, 0.4) is 0 Å². The van der Waals surface area contributed by atoms with Gasteiger partial charge in [0.1, 0.15) is 5.75 Å². The van der Waals surface area contributed by atoms with Crippen LogP contribution >= 0.6 is 11.6 Å². The fourth-order valence-electron chi connectivity index (χ4n) is 1.69. The third kappa shape index (κ3) is 3.12. The number of benzene rings is 1. The number of rotatable bonds is 4. The van der Waals surface area contributed by atoms with Crippen molar-refractivity contribution in [2.75, 3.05) is 6.61 Å². The zero-order valence-electron chi connectivity index (χ0n) is 10.8. The summed E-state index contributed by atoms with van der Waals surface area (Å²) in [5, 5.41) is 0.583. The quantitative estimate of drug-likeness (QED) is 0.799. The summed E-state index contributed by atoms with van der Waals surface area (Å²) >= 11 is 6.03. The van der Waals surface area contributed by atoms with Crippen molar-refractivity contribution in [1.29, 1.82) is 0 Å². The van der Waals surface area contributed by atoms with Crippen LogP contribution in [-0.4, -0.2) is 17.4 Å². The van der Waals surface area contributed by atoms with Crippen LogP contribution in [0.2, 0.25) is 5.02 Å². The third-order valence-corrected chi connectivity index (χ3v) is 3.13. The molecule has 0 saturated heterocycles. The van der Waals surface area contributed by atoms with Gasteiger partial charge in [-0.3, -0.25) is 9.78 Å². The first kappa shape index (κ1) is 13.6. The van der Waals surface area contributed by atoms with Crippen molar-refractivity contribution < 1.29 is 9.53 Å². The fourth-order valence-corrected chi connectivity index (χ4v) is 1.87. The van der Waals surface area contributed by atoms with Crippen LogP contribution in [0.15, 0.2) is 36.7 Å². The first-order valence-electron chi connectivity index (χ1n) is 6.00. The number of nitrogens with zero attached hydrogens (tertiary/aromatic N) is 1. The molecule has 19 heavy (non-hydrogen) atoms. The Hall–Kier alpha value is -1.87. The van der Waals surface area contributed by atoms with Gasteiger partial charge in [0.25, 0.3) is 0 Å². The minimum absolute atomic E-state index is 0.115. The minimum atomic E-state index is -0.115. The van der Waals surface area contributed by atoms with E-state index < -0.39 is 0 Å². The summed E-state index contributed by atoms with van der Waals surface area (Å²) in [6, 6.07) is 6.95. The van der Waals surface area contributed by atoms with Gasteiger partial charge in [0.05, 0.1) is 12.8 Å². The molecule has 98 valence electrons. The lowest BCUT2D eigenvalue weighted by Crippen LogP contribution is -2.03. The lowest BCUT2D eigenvalue weighted by molar-refractivity contribution is 0.103. The summed E-state index contributed by atoms with van der Waals surface area (Å²) in [6.07, 6.45) is 3.11. The van der Waals surface area contributed by atoms with Crippen LogP contribution in [0.25, 0.3) is 0 Å². The lowest BCUT2D eigenvalue weighted by atomic mass is 10.0. The standard InChI is InChI=1S/C15H14ClNO2/c1-3-19-13-6-12(8-17-9-13)15(18)11-5-4-10(2)14(16)7-11/h4-9H,3H2,1-2H3. The zero-order chi connectivity index (χ0) is 13.8. The molecule has 1 heterocycles. The molecule has 2 aromatic rings. The van der Waals surface area contributed by atoms with Gasteiger partial charge in [-0.2, -0.15) is 0 Å². The molecular weight excluding hydrogens is 262 g/mol. The SMILES string of the molecule is CCOc1cncc(C(=O)c2ccc(C)c(Cl)c2)c1. The van der Waals surface area contributed by atoms with Crippen LogP contribution in [0.4, 0.5) is 0 Å². The summed E-state index contributed by atoms with van der Waals surface area (Å²) in [5.41, 5.74) is 1.98. The zero-order valence-corrected chi connectivity index (χ0v) is 11.6. The second-order valence-corrected chi connectivity index (χ2v) is 4.54. The van der Waals surface area contributed by atoms with Crippen molar-refractivity contribution in [2.45, 2.75) is 13.8 Å². The monoisotopic (exact) mass is 275 g/mol. The van der Waals surface area contributed by atoms with Gasteiger partial charge in [-0.25, -0.2) is 0 Å². The van der Waals surface area contributed by atoms with Crippen LogP contribution in [0.5, 0.6) is 5.75 Å². The molecule has 0 aliphatic carbocycles. The second kappa shape index (κ2) is 5.85. The van der Waals surface area contributed by atoms with Crippen LogP contribution in [0.1, 0.15) is 28.4 Å². The van der Waals surface area contributed by atoms with Gasteiger partial charge in [0.15, 0.2) is 5.78 Å². The Balaban J connectivity index is 2.32. The van der Waals surface area contributed by atoms with Gasteiger partial charge in [0, 0.05) is 22.3 Å². The van der Waals surface area contributed by atoms with E-state index in [4.69, 9.17) is 16.3 Å². The van der Waals surface area contributed by atoms with Gasteiger partial charge < -0.3 is 4.74 Å². The number of ether oxygens (including phenoxy) is 1. The van der Waals surface area contributed by atoms with E-state index in [1.807, 2.05) is 19.9 Å². The van der Waals surface area contributed by atoms with E-state index in [2.05, 4.69) is 4.98 Å². The Bertz CT molecular complexity index is 611. The fraction of sp³-hybridized carbons (Fsp3) is 0.200. The molecule has 0 unspecified atom stereocenters. The molecule has 0 bridgehead atoms. The number of ketones is 1. The molecule has 0 saturated carbocycles. The van der Waals surface area contributed by atoms with Crippen molar-refractivity contribution in [3.05, 3.63) is 58.4 Å². The molecule has 0 aliphatic rings. The van der Waals surface area contributed by atoms with Crippen molar-refractivity contribution >= 4 is 17.4 Å². The largest absolute Gasteiger partial charge is 0.492 e. The molecule has 0 atom stereocenters. The molecule has 0 fully saturated rings. The Morgan fingerprint density at radius 1 is 1.26 bits per heavy atom. The minimum Gasteiger partial charge on any atom is -0.492 e. The highest BCUT2D eigenvalue weighted by Crippen LogP contribution is 2.20. The van der Waals surface area contributed by atoms with E-state index in [0.29, 0.717) is 28.5 Å². The van der Waals surface area contributed by atoms with E-state index in [1.54, 1.807) is 24.4 Å². The average molecular weight is 276 g/mol. The second-order valence-electron chi connectivity index (χ2n) is 4.14. The molecular formula is C15H14ClNO2. The number of carbonyl (C=O) groups excluding carboxylic acids is 1. The van der Waals surface area contributed by atoms with E-state index >= 15 is 0 Å². The molecule has 4 heteroatoms. The highest BCUT2D eigenvalue weighted by atomic mass is 35.5. The normalized spacial score (nSPS) is 10.3. The van der Waals surface area contributed by atoms with Gasteiger partial charge in [-0.15, -0.1) is 0 Å². The molecule has 0 radical (unpaired) electrons. The lowest BCUT2D eigenvalue weighted by Gasteiger charge is -2.06. The molecule has 1 aromatic heterocycles.